The summed E-state index contributed by atoms with van der Waals surface area (Å²) in [5.41, 5.74) is 0.233. The van der Waals surface area contributed by atoms with Crippen molar-refractivity contribution >= 4 is 17.9 Å². The van der Waals surface area contributed by atoms with Crippen LogP contribution in [0.3, 0.4) is 0 Å². The number of ether oxygens (including phenoxy) is 1. The van der Waals surface area contributed by atoms with Crippen LogP contribution in [0.2, 0.25) is 0 Å². The zero-order chi connectivity index (χ0) is 15.2. The minimum Gasteiger partial charge on any atom is -0.444 e. The van der Waals surface area contributed by atoms with Gasteiger partial charge < -0.3 is 10.1 Å². The van der Waals surface area contributed by atoms with Crippen LogP contribution in [0.5, 0.6) is 0 Å². The van der Waals surface area contributed by atoms with Crippen LogP contribution >= 0.6 is 0 Å². The summed E-state index contributed by atoms with van der Waals surface area (Å²) in [5.74, 6) is -1.92. The Hall–Kier alpha value is -2.37. The molecular weight excluding hydrogens is 260 g/mol. The average Bonchev–Trinajstić information content (AvgIpc) is 2.35. The van der Waals surface area contributed by atoms with Gasteiger partial charge in [0.2, 0.25) is 0 Å². The minimum absolute atomic E-state index is 0.0286. The van der Waals surface area contributed by atoms with Crippen LogP contribution in [-0.2, 0) is 20.9 Å². The molecule has 0 aliphatic heterocycles. The van der Waals surface area contributed by atoms with Gasteiger partial charge in [-0.15, -0.1) is 0 Å². The molecule has 1 aromatic rings. The third-order valence-corrected chi connectivity index (χ3v) is 2.12. The summed E-state index contributed by atoms with van der Waals surface area (Å²) >= 11 is 0. The molecule has 2 N–H and O–H groups in total. The van der Waals surface area contributed by atoms with Gasteiger partial charge in [0.25, 0.3) is 0 Å². The maximum atomic E-state index is 11.4. The Balaban J connectivity index is 2.39. The molecule has 6 nitrogen and oxygen atoms in total. The third-order valence-electron chi connectivity index (χ3n) is 2.12. The van der Waals surface area contributed by atoms with Crippen molar-refractivity contribution in [3.05, 3.63) is 35.9 Å². The van der Waals surface area contributed by atoms with Gasteiger partial charge in [0.1, 0.15) is 6.61 Å². The number of hydrogen-bond donors (Lipinski definition) is 2. The summed E-state index contributed by atoms with van der Waals surface area (Å²) in [6, 6.07) is 9.00. The Labute approximate surface area is 117 Å². The summed E-state index contributed by atoms with van der Waals surface area (Å²) < 4.78 is 4.83. The van der Waals surface area contributed by atoms with Crippen molar-refractivity contribution in [2.75, 3.05) is 0 Å². The van der Waals surface area contributed by atoms with E-state index in [9.17, 15) is 14.4 Å². The number of benzene rings is 1. The normalized spacial score (nSPS) is 10.6. The Morgan fingerprint density at radius 2 is 1.65 bits per heavy atom. The van der Waals surface area contributed by atoms with Gasteiger partial charge in [0.05, 0.1) is 0 Å². The van der Waals surface area contributed by atoms with Crippen LogP contribution in [0.25, 0.3) is 0 Å². The van der Waals surface area contributed by atoms with Crippen LogP contribution in [0.1, 0.15) is 26.3 Å². The maximum absolute atomic E-state index is 11.4. The molecule has 0 aliphatic rings. The standard InChI is InChI=1S/C14H18N2O4/c1-14(2,3)16-12(18)11(17)15-13(19)20-9-10-7-5-4-6-8-10/h4-8H,9H2,1-3H3,(H,16,18)(H,15,17,19). The summed E-state index contributed by atoms with van der Waals surface area (Å²) in [4.78, 5) is 34.2. The van der Waals surface area contributed by atoms with Crippen LogP contribution in [0.15, 0.2) is 30.3 Å². The van der Waals surface area contributed by atoms with E-state index >= 15 is 0 Å². The van der Waals surface area contributed by atoms with E-state index in [2.05, 4.69) is 5.32 Å². The van der Waals surface area contributed by atoms with Crippen molar-refractivity contribution < 1.29 is 19.1 Å². The van der Waals surface area contributed by atoms with Gasteiger partial charge in [0, 0.05) is 5.54 Å². The summed E-state index contributed by atoms with van der Waals surface area (Å²) in [6.07, 6.45) is -0.956. The molecule has 1 aromatic carbocycles. The lowest BCUT2D eigenvalue weighted by molar-refractivity contribution is -0.139. The van der Waals surface area contributed by atoms with Crippen molar-refractivity contribution in [3.8, 4) is 0 Å². The SMILES string of the molecule is CC(C)(C)NC(=O)C(=O)NC(=O)OCc1ccccc1. The number of amides is 3. The molecular formula is C14H18N2O4. The van der Waals surface area contributed by atoms with Crippen molar-refractivity contribution in [1.29, 1.82) is 0 Å². The molecule has 108 valence electrons. The van der Waals surface area contributed by atoms with Crippen LogP contribution in [0.4, 0.5) is 4.79 Å². The lowest BCUT2D eigenvalue weighted by atomic mass is 10.1. The fraction of sp³-hybridized carbons (Fsp3) is 0.357. The van der Waals surface area contributed by atoms with Gasteiger partial charge in [0.15, 0.2) is 0 Å². The molecule has 0 fully saturated rings. The number of imide groups is 1. The number of hydrogen-bond acceptors (Lipinski definition) is 4. The third kappa shape index (κ3) is 5.99. The van der Waals surface area contributed by atoms with E-state index < -0.39 is 23.4 Å². The highest BCUT2D eigenvalue weighted by Crippen LogP contribution is 2.00. The fourth-order valence-corrected chi connectivity index (χ4v) is 1.31. The van der Waals surface area contributed by atoms with Gasteiger partial charge in [-0.3, -0.25) is 14.9 Å². The zero-order valence-corrected chi connectivity index (χ0v) is 11.7. The number of nitrogens with one attached hydrogen (secondary N) is 2. The molecule has 0 spiro atoms. The molecule has 0 bridgehead atoms. The van der Waals surface area contributed by atoms with Crippen molar-refractivity contribution in [2.45, 2.75) is 32.9 Å². The second-order valence-electron chi connectivity index (χ2n) is 5.22. The first kappa shape index (κ1) is 15.7. The van der Waals surface area contributed by atoms with Gasteiger partial charge in [-0.25, -0.2) is 4.79 Å². The van der Waals surface area contributed by atoms with Gasteiger partial charge in [-0.2, -0.15) is 0 Å². The number of carbonyl (C=O) groups is 3. The summed E-state index contributed by atoms with van der Waals surface area (Å²) in [6.45, 7) is 5.21. The van der Waals surface area contributed by atoms with E-state index in [1.54, 1.807) is 45.0 Å². The second-order valence-corrected chi connectivity index (χ2v) is 5.22. The fourth-order valence-electron chi connectivity index (χ4n) is 1.31. The predicted molar refractivity (Wildman–Crippen MR) is 72.7 cm³/mol. The largest absolute Gasteiger partial charge is 0.444 e. The monoisotopic (exact) mass is 278 g/mol. The van der Waals surface area contributed by atoms with Gasteiger partial charge >= 0.3 is 17.9 Å². The molecule has 20 heavy (non-hydrogen) atoms. The van der Waals surface area contributed by atoms with Crippen molar-refractivity contribution in [3.63, 3.8) is 0 Å². The lowest BCUT2D eigenvalue weighted by Crippen LogP contribution is -2.49. The van der Waals surface area contributed by atoms with E-state index in [1.165, 1.54) is 0 Å². The highest BCUT2D eigenvalue weighted by molar-refractivity contribution is 6.37. The van der Waals surface area contributed by atoms with Crippen molar-refractivity contribution in [2.24, 2.45) is 0 Å². The smallest absolute Gasteiger partial charge is 0.414 e. The first-order chi connectivity index (χ1) is 9.28. The second kappa shape index (κ2) is 6.70. The topological polar surface area (TPSA) is 84.5 Å². The molecule has 0 saturated heterocycles. The first-order valence-electron chi connectivity index (χ1n) is 6.12. The van der Waals surface area contributed by atoms with E-state index in [-0.39, 0.29) is 6.61 Å². The van der Waals surface area contributed by atoms with Crippen molar-refractivity contribution in [1.82, 2.24) is 10.6 Å². The molecule has 0 unspecified atom stereocenters. The Bertz CT molecular complexity index is 492. The summed E-state index contributed by atoms with van der Waals surface area (Å²) in [7, 11) is 0. The van der Waals surface area contributed by atoms with Crippen LogP contribution in [0, 0.1) is 0 Å². The Kier molecular flexibility index (Phi) is 5.25. The summed E-state index contributed by atoms with van der Waals surface area (Å²) in [5, 5.41) is 4.30. The molecule has 0 aliphatic carbocycles. The van der Waals surface area contributed by atoms with Crippen LogP contribution < -0.4 is 10.6 Å². The van der Waals surface area contributed by atoms with Gasteiger partial charge in [-0.1, -0.05) is 30.3 Å². The van der Waals surface area contributed by atoms with Crippen LogP contribution in [-0.4, -0.2) is 23.4 Å². The molecule has 1 rings (SSSR count). The molecule has 0 saturated carbocycles. The van der Waals surface area contributed by atoms with E-state index in [0.29, 0.717) is 0 Å². The number of carbonyl (C=O) groups excluding carboxylic acids is 3. The molecule has 6 heteroatoms. The van der Waals surface area contributed by atoms with E-state index in [1.807, 2.05) is 11.4 Å². The minimum atomic E-state index is -1.04. The molecule has 0 aromatic heterocycles. The van der Waals surface area contributed by atoms with E-state index in [4.69, 9.17) is 4.74 Å². The molecule has 0 heterocycles. The molecule has 0 atom stereocenters. The number of alkyl carbamates (subject to hydrolysis) is 1. The van der Waals surface area contributed by atoms with E-state index in [0.717, 1.165) is 5.56 Å². The molecule has 0 radical (unpaired) electrons. The van der Waals surface area contributed by atoms with Gasteiger partial charge in [-0.05, 0) is 26.3 Å². The molecule has 3 amide bonds. The quantitative estimate of drug-likeness (QED) is 0.800. The average molecular weight is 278 g/mol. The maximum Gasteiger partial charge on any atom is 0.414 e. The first-order valence-corrected chi connectivity index (χ1v) is 6.12. The highest BCUT2D eigenvalue weighted by Gasteiger charge is 2.22. The Morgan fingerprint density at radius 1 is 1.05 bits per heavy atom. The Morgan fingerprint density at radius 3 is 2.20 bits per heavy atom. The highest BCUT2D eigenvalue weighted by atomic mass is 16.5. The predicted octanol–water partition coefficient (Wildman–Crippen LogP) is 1.35. The zero-order valence-electron chi connectivity index (χ0n) is 11.7. The lowest BCUT2D eigenvalue weighted by Gasteiger charge is -2.19. The number of rotatable bonds is 2.